The maximum Gasteiger partial charge on any atom is 0.195 e. The zero-order valence-electron chi connectivity index (χ0n) is 26.7. The third kappa shape index (κ3) is 4.31. The van der Waals surface area contributed by atoms with E-state index in [4.69, 9.17) is 13.1 Å². The molecular weight excluding hydrogens is 611 g/mol. The summed E-state index contributed by atoms with van der Waals surface area (Å²) in [5.74, 6) is 0. The second-order valence-electron chi connectivity index (χ2n) is 12.2. The summed E-state index contributed by atoms with van der Waals surface area (Å²) in [5.41, 5.74) is 11.5. The van der Waals surface area contributed by atoms with Crippen LogP contribution in [0.3, 0.4) is 0 Å². The lowest BCUT2D eigenvalue weighted by atomic mass is 9.92. The third-order valence-electron chi connectivity index (χ3n) is 9.60. The average molecular weight is 636 g/mol. The molecule has 50 heavy (non-hydrogen) atoms. The second-order valence-corrected chi connectivity index (χ2v) is 12.2. The van der Waals surface area contributed by atoms with E-state index in [-0.39, 0.29) is 0 Å². The average Bonchev–Trinajstić information content (AvgIpc) is 3.69. The fourth-order valence-electron chi connectivity index (χ4n) is 7.43. The number of hydrogen-bond donors (Lipinski definition) is 0. The van der Waals surface area contributed by atoms with E-state index in [1.54, 1.807) is 0 Å². The molecule has 0 aliphatic rings. The number of rotatable bonds is 4. The molecule has 0 saturated heterocycles. The number of para-hydroxylation sites is 3. The predicted molar refractivity (Wildman–Crippen MR) is 203 cm³/mol. The van der Waals surface area contributed by atoms with Crippen molar-refractivity contribution in [3.63, 3.8) is 0 Å². The van der Waals surface area contributed by atoms with E-state index in [0.29, 0.717) is 16.9 Å². The van der Waals surface area contributed by atoms with Gasteiger partial charge in [0.2, 0.25) is 0 Å². The topological polar surface area (TPSA) is 42.4 Å². The van der Waals surface area contributed by atoms with E-state index in [1.807, 2.05) is 91.0 Å². The van der Waals surface area contributed by atoms with E-state index in [0.717, 1.165) is 77.2 Å². The molecule has 0 fully saturated rings. The van der Waals surface area contributed by atoms with Gasteiger partial charge in [0.15, 0.2) is 11.4 Å². The van der Waals surface area contributed by atoms with Crippen molar-refractivity contribution in [1.82, 2.24) is 9.13 Å². The zero-order valence-corrected chi connectivity index (χ0v) is 26.7. The van der Waals surface area contributed by atoms with Crippen molar-refractivity contribution in [2.24, 2.45) is 0 Å². The molecule has 0 saturated carbocycles. The van der Waals surface area contributed by atoms with E-state index in [9.17, 15) is 5.26 Å². The van der Waals surface area contributed by atoms with Gasteiger partial charge in [-0.05, 0) is 71.3 Å². The Bertz CT molecular complexity index is 2970. The Balaban J connectivity index is 1.30. The SMILES string of the molecule is [C-]#[N+]c1ccc2c3ccccc3n(-c3ccccc3-c3ccccc3-c3cc(-n4c5ccccc5c5cc(C#N)ccc54)ccc3[N+]#[C-])c2c1. The standard InChI is InChI=1S/C45H25N5/c1-47-30-20-22-37-35-14-6-10-18-43(35)50(45(37)26-30)42-17-9-5-13-34(42)32-11-3-4-12-33(32)38-27-31(21-23-40(38)48-2)49-41-16-8-7-15-36(41)39-25-29(28-46)19-24-44(39)49/h3-27H. The Morgan fingerprint density at radius 2 is 1.08 bits per heavy atom. The van der Waals surface area contributed by atoms with Gasteiger partial charge in [-0.3, -0.25) is 0 Å². The minimum absolute atomic E-state index is 0.560. The van der Waals surface area contributed by atoms with Gasteiger partial charge in [0, 0.05) is 38.3 Å². The van der Waals surface area contributed by atoms with E-state index >= 15 is 0 Å². The summed E-state index contributed by atoms with van der Waals surface area (Å²) in [6.45, 7) is 15.9. The van der Waals surface area contributed by atoms with Gasteiger partial charge < -0.3 is 9.13 Å². The summed E-state index contributed by atoms with van der Waals surface area (Å²) < 4.78 is 4.47. The summed E-state index contributed by atoms with van der Waals surface area (Å²) in [7, 11) is 0. The first kappa shape index (κ1) is 28.8. The van der Waals surface area contributed by atoms with Gasteiger partial charge in [-0.25, -0.2) is 9.69 Å². The third-order valence-corrected chi connectivity index (χ3v) is 9.60. The lowest BCUT2D eigenvalue weighted by Gasteiger charge is -2.18. The molecule has 9 rings (SSSR count). The molecule has 0 atom stereocenters. The molecule has 0 bridgehead atoms. The highest BCUT2D eigenvalue weighted by molar-refractivity contribution is 6.11. The van der Waals surface area contributed by atoms with Crippen LogP contribution in [0.4, 0.5) is 11.4 Å². The van der Waals surface area contributed by atoms with Crippen molar-refractivity contribution < 1.29 is 0 Å². The van der Waals surface area contributed by atoms with Gasteiger partial charge in [-0.1, -0.05) is 97.1 Å². The number of aromatic nitrogens is 2. The van der Waals surface area contributed by atoms with Gasteiger partial charge in [0.25, 0.3) is 0 Å². The van der Waals surface area contributed by atoms with Gasteiger partial charge in [-0.2, -0.15) is 5.26 Å². The van der Waals surface area contributed by atoms with Crippen molar-refractivity contribution in [3.05, 3.63) is 180 Å². The summed E-state index contributed by atoms with van der Waals surface area (Å²) in [6, 6.07) is 53.2. The van der Waals surface area contributed by atoms with Crippen molar-refractivity contribution in [1.29, 1.82) is 5.26 Å². The summed E-state index contributed by atoms with van der Waals surface area (Å²) >= 11 is 0. The monoisotopic (exact) mass is 635 g/mol. The first-order valence-electron chi connectivity index (χ1n) is 16.2. The number of benzene rings is 7. The van der Waals surface area contributed by atoms with Crippen LogP contribution in [-0.2, 0) is 0 Å². The van der Waals surface area contributed by atoms with Crippen LogP contribution in [-0.4, -0.2) is 9.13 Å². The van der Waals surface area contributed by atoms with Crippen molar-refractivity contribution >= 4 is 55.0 Å². The van der Waals surface area contributed by atoms with Crippen molar-refractivity contribution in [3.8, 4) is 39.7 Å². The first-order valence-corrected chi connectivity index (χ1v) is 16.2. The Morgan fingerprint density at radius 3 is 1.82 bits per heavy atom. The molecule has 5 heteroatoms. The van der Waals surface area contributed by atoms with Crippen LogP contribution in [0.2, 0.25) is 0 Å². The van der Waals surface area contributed by atoms with Gasteiger partial charge in [-0.15, -0.1) is 0 Å². The summed E-state index contributed by atoms with van der Waals surface area (Å²) in [4.78, 5) is 7.74. The second kappa shape index (κ2) is 11.4. The van der Waals surface area contributed by atoms with E-state index in [2.05, 4.69) is 85.6 Å². The quantitative estimate of drug-likeness (QED) is 0.177. The van der Waals surface area contributed by atoms with Crippen molar-refractivity contribution in [2.75, 3.05) is 0 Å². The molecule has 0 aliphatic heterocycles. The Hall–Kier alpha value is -7.39. The smallest absolute Gasteiger partial charge is 0.195 e. The number of hydrogen-bond acceptors (Lipinski definition) is 1. The maximum atomic E-state index is 9.64. The molecule has 0 unspecified atom stereocenters. The summed E-state index contributed by atoms with van der Waals surface area (Å²) in [6.07, 6.45) is 0. The van der Waals surface area contributed by atoms with Crippen LogP contribution >= 0.6 is 0 Å². The molecule has 0 amide bonds. The Kier molecular flexibility index (Phi) is 6.56. The minimum Gasteiger partial charge on any atom is -0.310 e. The van der Waals surface area contributed by atoms with E-state index in [1.165, 1.54) is 0 Å². The first-order chi connectivity index (χ1) is 24.7. The van der Waals surface area contributed by atoms with Crippen LogP contribution in [0.1, 0.15) is 5.56 Å². The molecule has 0 aliphatic carbocycles. The van der Waals surface area contributed by atoms with Gasteiger partial charge >= 0.3 is 0 Å². The lowest BCUT2D eigenvalue weighted by Crippen LogP contribution is -1.98. The molecule has 2 heterocycles. The van der Waals surface area contributed by atoms with Crippen LogP contribution in [0.25, 0.3) is 86.9 Å². The van der Waals surface area contributed by atoms with Crippen LogP contribution in [0, 0.1) is 24.5 Å². The summed E-state index contributed by atoms with van der Waals surface area (Å²) in [5, 5.41) is 13.9. The number of nitriles is 1. The van der Waals surface area contributed by atoms with Crippen LogP contribution < -0.4 is 0 Å². The molecular formula is C45H25N5. The van der Waals surface area contributed by atoms with E-state index < -0.39 is 0 Å². The molecule has 230 valence electrons. The Morgan fingerprint density at radius 1 is 0.460 bits per heavy atom. The van der Waals surface area contributed by atoms with Crippen LogP contribution in [0.15, 0.2) is 152 Å². The minimum atomic E-state index is 0.560. The molecule has 2 aromatic heterocycles. The highest BCUT2D eigenvalue weighted by Gasteiger charge is 2.20. The highest BCUT2D eigenvalue weighted by atomic mass is 15.0. The highest BCUT2D eigenvalue weighted by Crippen LogP contribution is 2.43. The lowest BCUT2D eigenvalue weighted by molar-refractivity contribution is 1.18. The molecule has 7 aromatic carbocycles. The van der Waals surface area contributed by atoms with Gasteiger partial charge in [0.05, 0.1) is 47.0 Å². The van der Waals surface area contributed by atoms with Gasteiger partial charge in [0.1, 0.15) is 0 Å². The molecule has 5 nitrogen and oxygen atoms in total. The molecule has 0 radical (unpaired) electrons. The van der Waals surface area contributed by atoms with Crippen molar-refractivity contribution in [2.45, 2.75) is 0 Å². The molecule has 0 spiro atoms. The molecule has 0 N–H and O–H groups in total. The zero-order chi connectivity index (χ0) is 33.8. The molecule has 9 aromatic rings. The fourth-order valence-corrected chi connectivity index (χ4v) is 7.43. The Labute approximate surface area is 288 Å². The fraction of sp³-hybridized carbons (Fsp3) is 0. The van der Waals surface area contributed by atoms with Crippen LogP contribution in [0.5, 0.6) is 0 Å². The maximum absolute atomic E-state index is 9.64. The largest absolute Gasteiger partial charge is 0.310 e. The normalized spacial score (nSPS) is 11.1. The predicted octanol–water partition coefficient (Wildman–Crippen LogP) is 12.2. The number of nitrogens with zero attached hydrogens (tertiary/aromatic N) is 5. The number of fused-ring (bicyclic) bond motifs is 6.